The highest BCUT2D eigenvalue weighted by atomic mass is 127. The number of rotatable bonds is 6. The van der Waals surface area contributed by atoms with E-state index in [2.05, 4.69) is 77.5 Å². The Morgan fingerprint density at radius 3 is 2.60 bits per heavy atom. The van der Waals surface area contributed by atoms with Crippen LogP contribution in [0.1, 0.15) is 56.9 Å². The molecule has 0 spiro atoms. The highest BCUT2D eigenvalue weighted by Gasteiger charge is 2.22. The fourth-order valence-corrected chi connectivity index (χ4v) is 3.69. The molecule has 0 saturated carbocycles. The third-order valence-electron chi connectivity index (χ3n) is 5.58. The number of aliphatic imine (C=N–C) groups is 1. The summed E-state index contributed by atoms with van der Waals surface area (Å²) in [6.45, 7) is 12.1. The Labute approximate surface area is 198 Å². The average molecular weight is 525 g/mol. The van der Waals surface area contributed by atoms with Gasteiger partial charge in [-0.25, -0.2) is 4.98 Å². The summed E-state index contributed by atoms with van der Waals surface area (Å²) < 4.78 is 5.85. The fraction of sp³-hybridized carbons (Fsp3) is 0.565. The van der Waals surface area contributed by atoms with E-state index in [0.29, 0.717) is 18.5 Å². The van der Waals surface area contributed by atoms with Gasteiger partial charge in [0, 0.05) is 38.1 Å². The molecule has 30 heavy (non-hydrogen) atoms. The number of benzene rings is 1. The third kappa shape index (κ3) is 6.44. The van der Waals surface area contributed by atoms with Crippen LogP contribution in [0.25, 0.3) is 0 Å². The molecule has 0 amide bonds. The average Bonchev–Trinajstić information content (AvgIpc) is 3.20. The summed E-state index contributed by atoms with van der Waals surface area (Å²) in [7, 11) is 1.80. The number of halogens is 1. The number of guanidine groups is 1. The Morgan fingerprint density at radius 2 is 1.97 bits per heavy atom. The van der Waals surface area contributed by atoms with Crippen molar-refractivity contribution in [2.75, 3.05) is 20.1 Å². The topological polar surface area (TPSA) is 65.7 Å². The highest BCUT2D eigenvalue weighted by Crippen LogP contribution is 2.23. The van der Waals surface area contributed by atoms with Gasteiger partial charge in [-0.05, 0) is 24.0 Å². The Bertz CT molecular complexity index is 827. The van der Waals surface area contributed by atoms with Gasteiger partial charge in [-0.3, -0.25) is 9.89 Å². The van der Waals surface area contributed by atoms with Gasteiger partial charge >= 0.3 is 0 Å². The van der Waals surface area contributed by atoms with E-state index in [1.54, 1.807) is 7.05 Å². The van der Waals surface area contributed by atoms with E-state index < -0.39 is 0 Å². The molecule has 0 aliphatic carbocycles. The number of fused-ring (bicyclic) bond motifs is 1. The van der Waals surface area contributed by atoms with Crippen LogP contribution in [0, 0.1) is 0 Å². The smallest absolute Gasteiger partial charge is 0.213 e. The van der Waals surface area contributed by atoms with Crippen molar-refractivity contribution in [3.05, 3.63) is 53.2 Å². The number of nitrogens with one attached hydrogen (secondary N) is 2. The lowest BCUT2D eigenvalue weighted by atomic mass is 9.94. The van der Waals surface area contributed by atoms with Gasteiger partial charge in [0.25, 0.3) is 0 Å². The molecule has 2 heterocycles. The molecule has 2 N–H and O–H groups in total. The fourth-order valence-electron chi connectivity index (χ4n) is 3.69. The van der Waals surface area contributed by atoms with Gasteiger partial charge in [0.15, 0.2) is 5.96 Å². The van der Waals surface area contributed by atoms with Crippen molar-refractivity contribution in [3.8, 4) is 0 Å². The first-order chi connectivity index (χ1) is 13.9. The Kier molecular flexibility index (Phi) is 9.15. The molecule has 3 rings (SSSR count). The van der Waals surface area contributed by atoms with Crippen LogP contribution in [-0.4, -0.2) is 42.0 Å². The van der Waals surface area contributed by atoms with Gasteiger partial charge in [-0.1, -0.05) is 52.0 Å². The second-order valence-corrected chi connectivity index (χ2v) is 8.73. The molecule has 1 aliphatic rings. The standard InChI is InChI=1S/C23H35N5O.HI/c1-6-19(28-12-11-17-9-7-8-10-18(17)16-28)13-26-22(24-5)27-15-21-25-14-20(29-21)23(2,3)4;/h7-10,14,19H,6,11-13,15-16H2,1-5H3,(H2,24,26,27);1H. The molecule has 0 saturated heterocycles. The first-order valence-electron chi connectivity index (χ1n) is 10.6. The minimum atomic E-state index is -0.0351. The van der Waals surface area contributed by atoms with Crippen molar-refractivity contribution >= 4 is 29.9 Å². The Hall–Kier alpha value is -1.61. The normalized spacial score (nSPS) is 15.8. The summed E-state index contributed by atoms with van der Waals surface area (Å²) >= 11 is 0. The maximum Gasteiger partial charge on any atom is 0.213 e. The molecule has 0 radical (unpaired) electrons. The van der Waals surface area contributed by atoms with Crippen LogP contribution >= 0.6 is 24.0 Å². The molecule has 6 nitrogen and oxygen atoms in total. The number of aromatic nitrogens is 1. The van der Waals surface area contributed by atoms with E-state index in [9.17, 15) is 0 Å². The summed E-state index contributed by atoms with van der Waals surface area (Å²) in [6.07, 6.45) is 4.04. The zero-order valence-electron chi connectivity index (χ0n) is 18.9. The van der Waals surface area contributed by atoms with E-state index in [-0.39, 0.29) is 29.4 Å². The van der Waals surface area contributed by atoms with E-state index in [1.165, 1.54) is 11.1 Å². The Morgan fingerprint density at radius 1 is 1.23 bits per heavy atom. The predicted octanol–water partition coefficient (Wildman–Crippen LogP) is 4.09. The van der Waals surface area contributed by atoms with Crippen molar-refractivity contribution in [1.29, 1.82) is 0 Å². The van der Waals surface area contributed by atoms with Crippen molar-refractivity contribution in [1.82, 2.24) is 20.5 Å². The largest absolute Gasteiger partial charge is 0.443 e. The van der Waals surface area contributed by atoms with Gasteiger partial charge < -0.3 is 15.1 Å². The van der Waals surface area contributed by atoms with Crippen LogP contribution in [0.5, 0.6) is 0 Å². The summed E-state index contributed by atoms with van der Waals surface area (Å²) in [6, 6.07) is 9.26. The maximum atomic E-state index is 5.85. The molecule has 1 atom stereocenters. The molecular formula is C23H36IN5O. The summed E-state index contributed by atoms with van der Waals surface area (Å²) in [4.78, 5) is 11.3. The second kappa shape index (κ2) is 11.1. The van der Waals surface area contributed by atoms with Crippen LogP contribution in [0.15, 0.2) is 39.9 Å². The molecule has 1 aromatic heterocycles. The monoisotopic (exact) mass is 525 g/mol. The lowest BCUT2D eigenvalue weighted by Crippen LogP contribution is -2.48. The molecular weight excluding hydrogens is 489 g/mol. The van der Waals surface area contributed by atoms with E-state index in [0.717, 1.165) is 44.2 Å². The van der Waals surface area contributed by atoms with Gasteiger partial charge in [-0.2, -0.15) is 0 Å². The number of nitrogens with zero attached hydrogens (tertiary/aromatic N) is 3. The minimum absolute atomic E-state index is 0. The molecule has 1 aliphatic heterocycles. The van der Waals surface area contributed by atoms with Crippen molar-refractivity contribution in [2.24, 2.45) is 4.99 Å². The second-order valence-electron chi connectivity index (χ2n) is 8.73. The molecule has 7 heteroatoms. The first kappa shape index (κ1) is 24.7. The van der Waals surface area contributed by atoms with Crippen LogP contribution in [-0.2, 0) is 24.9 Å². The van der Waals surface area contributed by atoms with E-state index in [1.807, 2.05) is 6.20 Å². The van der Waals surface area contributed by atoms with Crippen LogP contribution in [0.3, 0.4) is 0 Å². The van der Waals surface area contributed by atoms with Gasteiger partial charge in [0.05, 0.1) is 12.7 Å². The Balaban J connectivity index is 0.00000320. The van der Waals surface area contributed by atoms with Crippen molar-refractivity contribution in [2.45, 2.75) is 65.1 Å². The lowest BCUT2D eigenvalue weighted by molar-refractivity contribution is 0.174. The number of hydrogen-bond donors (Lipinski definition) is 2. The van der Waals surface area contributed by atoms with Gasteiger partial charge in [0.2, 0.25) is 5.89 Å². The highest BCUT2D eigenvalue weighted by molar-refractivity contribution is 14.0. The first-order valence-corrected chi connectivity index (χ1v) is 10.6. The van der Waals surface area contributed by atoms with Crippen molar-refractivity contribution in [3.63, 3.8) is 0 Å². The molecule has 0 fully saturated rings. The maximum absolute atomic E-state index is 5.85. The quantitative estimate of drug-likeness (QED) is 0.338. The molecule has 166 valence electrons. The number of oxazole rings is 1. The molecule has 0 bridgehead atoms. The molecule has 1 unspecified atom stereocenters. The summed E-state index contributed by atoms with van der Waals surface area (Å²) in [5.74, 6) is 2.35. The van der Waals surface area contributed by atoms with E-state index >= 15 is 0 Å². The van der Waals surface area contributed by atoms with Crippen molar-refractivity contribution < 1.29 is 4.42 Å². The van der Waals surface area contributed by atoms with Crippen LogP contribution in [0.2, 0.25) is 0 Å². The van der Waals surface area contributed by atoms with Gasteiger partial charge in [0.1, 0.15) is 5.76 Å². The predicted molar refractivity (Wildman–Crippen MR) is 133 cm³/mol. The lowest BCUT2D eigenvalue weighted by Gasteiger charge is -2.35. The number of hydrogen-bond acceptors (Lipinski definition) is 4. The minimum Gasteiger partial charge on any atom is -0.443 e. The molecule has 1 aromatic carbocycles. The zero-order valence-corrected chi connectivity index (χ0v) is 21.2. The SMILES string of the molecule is CCC(CNC(=NC)NCc1ncc(C(C)(C)C)o1)N1CCc2ccccc2C1.I. The van der Waals surface area contributed by atoms with Gasteiger partial charge in [-0.15, -0.1) is 24.0 Å². The van der Waals surface area contributed by atoms with Crippen LogP contribution < -0.4 is 10.6 Å². The summed E-state index contributed by atoms with van der Waals surface area (Å²) in [5.41, 5.74) is 2.91. The van der Waals surface area contributed by atoms with Crippen LogP contribution in [0.4, 0.5) is 0 Å². The van der Waals surface area contributed by atoms with E-state index in [4.69, 9.17) is 4.42 Å². The zero-order chi connectivity index (χ0) is 20.9. The molecule has 2 aromatic rings. The summed E-state index contributed by atoms with van der Waals surface area (Å²) in [5, 5.41) is 6.79. The third-order valence-corrected chi connectivity index (χ3v) is 5.58.